The fourth-order valence-corrected chi connectivity index (χ4v) is 2.85. The van der Waals surface area contributed by atoms with Crippen molar-refractivity contribution in [3.8, 4) is 0 Å². The van der Waals surface area contributed by atoms with Gasteiger partial charge in [-0.05, 0) is 23.8 Å². The van der Waals surface area contributed by atoms with Gasteiger partial charge < -0.3 is 5.32 Å². The molecule has 0 saturated heterocycles. The van der Waals surface area contributed by atoms with Gasteiger partial charge in [0.15, 0.2) is 0 Å². The molecule has 0 unspecified atom stereocenters. The Kier molecular flexibility index (Phi) is 5.69. The summed E-state index contributed by atoms with van der Waals surface area (Å²) in [5.41, 5.74) is 0.371. The van der Waals surface area contributed by atoms with Gasteiger partial charge in [-0.25, -0.2) is 5.01 Å². The zero-order valence-electron chi connectivity index (χ0n) is 14.5. The first-order valence-corrected chi connectivity index (χ1v) is 8.71. The van der Waals surface area contributed by atoms with Crippen LogP contribution in [0.2, 0.25) is 5.02 Å². The minimum absolute atomic E-state index is 0.0419. The number of alkyl halides is 3. The maximum absolute atomic E-state index is 12.8. The molecule has 0 fully saturated rings. The number of hydrazone groups is 1. The third-order valence-electron chi connectivity index (χ3n) is 4.07. The Bertz CT molecular complexity index is 930. The van der Waals surface area contributed by atoms with Crippen LogP contribution >= 0.6 is 11.6 Å². The second-order valence-electron chi connectivity index (χ2n) is 6.10. The summed E-state index contributed by atoms with van der Waals surface area (Å²) in [6, 6.07) is 11.8. The van der Waals surface area contributed by atoms with Crippen molar-refractivity contribution in [2.24, 2.45) is 5.10 Å². The third-order valence-corrected chi connectivity index (χ3v) is 4.40. The first kappa shape index (κ1) is 19.9. The molecular formula is C19H15ClF3N3O2. The number of hydrogen-bond donors (Lipinski definition) is 1. The zero-order chi connectivity index (χ0) is 20.3. The van der Waals surface area contributed by atoms with Gasteiger partial charge >= 0.3 is 6.18 Å². The fraction of sp³-hybridized carbons (Fsp3) is 0.211. The number of carbonyl (C=O) groups is 2. The van der Waals surface area contributed by atoms with Gasteiger partial charge in [0.25, 0.3) is 0 Å². The highest BCUT2D eigenvalue weighted by molar-refractivity contribution is 6.33. The van der Waals surface area contributed by atoms with Crippen LogP contribution in [0.15, 0.2) is 53.6 Å². The maximum Gasteiger partial charge on any atom is 0.416 e. The number of rotatable bonds is 4. The second-order valence-corrected chi connectivity index (χ2v) is 6.51. The lowest BCUT2D eigenvalue weighted by Gasteiger charge is -2.23. The third kappa shape index (κ3) is 4.69. The van der Waals surface area contributed by atoms with E-state index in [0.29, 0.717) is 12.1 Å². The molecule has 0 spiro atoms. The fourth-order valence-electron chi connectivity index (χ4n) is 2.69. The van der Waals surface area contributed by atoms with Crippen LogP contribution in [0.1, 0.15) is 24.0 Å². The molecule has 0 aliphatic carbocycles. The lowest BCUT2D eigenvalue weighted by Crippen LogP contribution is -2.38. The molecule has 5 nitrogen and oxygen atoms in total. The van der Waals surface area contributed by atoms with Gasteiger partial charge in [0, 0.05) is 12.8 Å². The van der Waals surface area contributed by atoms with Gasteiger partial charge in [0.05, 0.1) is 22.0 Å². The molecule has 0 atom stereocenters. The number of anilines is 1. The Labute approximate surface area is 163 Å². The molecule has 28 heavy (non-hydrogen) atoms. The van der Waals surface area contributed by atoms with E-state index >= 15 is 0 Å². The van der Waals surface area contributed by atoms with Crippen LogP contribution in [0.4, 0.5) is 18.9 Å². The van der Waals surface area contributed by atoms with Crippen molar-refractivity contribution in [1.29, 1.82) is 0 Å². The molecule has 146 valence electrons. The van der Waals surface area contributed by atoms with Crippen molar-refractivity contribution >= 4 is 34.8 Å². The molecule has 0 bridgehead atoms. The number of benzene rings is 2. The van der Waals surface area contributed by atoms with E-state index in [1.165, 1.54) is 0 Å². The summed E-state index contributed by atoms with van der Waals surface area (Å²) in [5.74, 6) is -1.04. The Morgan fingerprint density at radius 2 is 1.86 bits per heavy atom. The molecule has 0 saturated carbocycles. The molecule has 0 aromatic heterocycles. The normalized spacial score (nSPS) is 14.6. The quantitative estimate of drug-likeness (QED) is 0.817. The Balaban J connectivity index is 1.75. The summed E-state index contributed by atoms with van der Waals surface area (Å²) in [4.78, 5) is 24.3. The number of amides is 2. The van der Waals surface area contributed by atoms with Crippen molar-refractivity contribution in [1.82, 2.24) is 5.01 Å². The van der Waals surface area contributed by atoms with Gasteiger partial charge in [-0.1, -0.05) is 41.9 Å². The van der Waals surface area contributed by atoms with Gasteiger partial charge in [-0.15, -0.1) is 0 Å². The summed E-state index contributed by atoms with van der Waals surface area (Å²) in [6.45, 7) is -0.429. The van der Waals surface area contributed by atoms with Crippen LogP contribution in [-0.2, 0) is 15.8 Å². The second kappa shape index (κ2) is 8.02. The van der Waals surface area contributed by atoms with E-state index in [4.69, 9.17) is 11.6 Å². The van der Waals surface area contributed by atoms with Crippen LogP contribution < -0.4 is 5.32 Å². The highest BCUT2D eigenvalue weighted by Crippen LogP contribution is 2.33. The van der Waals surface area contributed by atoms with E-state index < -0.39 is 24.2 Å². The SMILES string of the molecule is O=C(CN1N=C(c2ccccc2)CCC1=O)Nc1cc(C(F)(F)F)ccc1Cl. The molecular weight excluding hydrogens is 395 g/mol. The number of nitrogens with zero attached hydrogens (tertiary/aromatic N) is 2. The average Bonchev–Trinajstić information content (AvgIpc) is 2.65. The van der Waals surface area contributed by atoms with Gasteiger partial charge in [-0.3, -0.25) is 9.59 Å². The number of carbonyl (C=O) groups excluding carboxylic acids is 2. The zero-order valence-corrected chi connectivity index (χ0v) is 15.2. The molecule has 2 amide bonds. The van der Waals surface area contributed by atoms with E-state index in [0.717, 1.165) is 28.8 Å². The largest absolute Gasteiger partial charge is 0.416 e. The van der Waals surface area contributed by atoms with Crippen molar-refractivity contribution in [2.75, 3.05) is 11.9 Å². The number of nitrogens with one attached hydrogen (secondary N) is 1. The first-order valence-electron chi connectivity index (χ1n) is 8.34. The highest BCUT2D eigenvalue weighted by Gasteiger charge is 2.31. The lowest BCUT2D eigenvalue weighted by atomic mass is 10.0. The van der Waals surface area contributed by atoms with E-state index in [1.807, 2.05) is 30.3 Å². The summed E-state index contributed by atoms with van der Waals surface area (Å²) < 4.78 is 38.5. The summed E-state index contributed by atoms with van der Waals surface area (Å²) in [6.07, 6.45) is -3.94. The van der Waals surface area contributed by atoms with Crippen LogP contribution in [0, 0.1) is 0 Å². The Hall–Kier alpha value is -2.87. The van der Waals surface area contributed by atoms with Crippen LogP contribution in [0.25, 0.3) is 0 Å². The van der Waals surface area contributed by atoms with Gasteiger partial charge in [0.2, 0.25) is 11.8 Å². The summed E-state index contributed by atoms with van der Waals surface area (Å²) in [5, 5.41) is 7.51. The lowest BCUT2D eigenvalue weighted by molar-refractivity contribution is -0.137. The maximum atomic E-state index is 12.8. The minimum atomic E-state index is -4.57. The molecule has 1 heterocycles. The van der Waals surface area contributed by atoms with E-state index in [9.17, 15) is 22.8 Å². The Morgan fingerprint density at radius 3 is 2.54 bits per heavy atom. The molecule has 9 heteroatoms. The van der Waals surface area contributed by atoms with Crippen LogP contribution in [-0.4, -0.2) is 29.1 Å². The molecule has 1 aliphatic heterocycles. The molecule has 1 N–H and O–H groups in total. The molecule has 2 aromatic carbocycles. The summed E-state index contributed by atoms with van der Waals surface area (Å²) in [7, 11) is 0. The standard InChI is InChI=1S/C19H15ClF3N3O2/c20-14-7-6-13(19(21,22)23)10-16(14)24-17(27)11-26-18(28)9-8-15(25-26)12-4-2-1-3-5-12/h1-7,10H,8-9,11H2,(H,24,27). The minimum Gasteiger partial charge on any atom is -0.323 e. The Morgan fingerprint density at radius 1 is 1.14 bits per heavy atom. The van der Waals surface area contributed by atoms with Gasteiger partial charge in [0.1, 0.15) is 6.54 Å². The highest BCUT2D eigenvalue weighted by atomic mass is 35.5. The van der Waals surface area contributed by atoms with E-state index in [-0.39, 0.29) is 23.0 Å². The molecule has 2 aromatic rings. The summed E-state index contributed by atoms with van der Waals surface area (Å²) >= 11 is 5.87. The predicted octanol–water partition coefficient (Wildman–Crippen LogP) is 4.32. The topological polar surface area (TPSA) is 61.8 Å². The van der Waals surface area contributed by atoms with E-state index in [2.05, 4.69) is 10.4 Å². The van der Waals surface area contributed by atoms with Crippen LogP contribution in [0.5, 0.6) is 0 Å². The number of hydrogen-bond acceptors (Lipinski definition) is 3. The van der Waals surface area contributed by atoms with E-state index in [1.54, 1.807) is 0 Å². The van der Waals surface area contributed by atoms with Gasteiger partial charge in [-0.2, -0.15) is 18.3 Å². The van der Waals surface area contributed by atoms with Crippen molar-refractivity contribution in [3.63, 3.8) is 0 Å². The molecule has 0 radical (unpaired) electrons. The first-order chi connectivity index (χ1) is 13.2. The van der Waals surface area contributed by atoms with Crippen molar-refractivity contribution in [2.45, 2.75) is 19.0 Å². The molecule has 1 aliphatic rings. The monoisotopic (exact) mass is 409 g/mol. The average molecular weight is 410 g/mol. The van der Waals surface area contributed by atoms with Crippen molar-refractivity contribution < 1.29 is 22.8 Å². The smallest absolute Gasteiger partial charge is 0.323 e. The van der Waals surface area contributed by atoms with Crippen molar-refractivity contribution in [3.05, 3.63) is 64.7 Å². The number of halogens is 4. The van der Waals surface area contributed by atoms with Crippen LogP contribution in [0.3, 0.4) is 0 Å². The molecule has 3 rings (SSSR count). The predicted molar refractivity (Wildman–Crippen MR) is 99.0 cm³/mol.